The summed E-state index contributed by atoms with van der Waals surface area (Å²) in [7, 11) is 1.76. The van der Waals surface area contributed by atoms with Crippen molar-refractivity contribution in [2.24, 2.45) is 11.8 Å². The maximum atomic E-state index is 13.2. The van der Waals surface area contributed by atoms with Crippen molar-refractivity contribution in [2.75, 3.05) is 26.8 Å². The molecule has 1 saturated carbocycles. The number of piperidine rings is 1. The van der Waals surface area contributed by atoms with Crippen LogP contribution in [0.3, 0.4) is 0 Å². The fourth-order valence-corrected chi connectivity index (χ4v) is 4.40. The van der Waals surface area contributed by atoms with Gasteiger partial charge in [-0.1, -0.05) is 43.2 Å². The fraction of sp³-hybridized carbons (Fsp3) is 0.650. The molecule has 1 aromatic carbocycles. The summed E-state index contributed by atoms with van der Waals surface area (Å²) in [6.45, 7) is 2.58. The molecule has 0 spiro atoms. The highest BCUT2D eigenvalue weighted by molar-refractivity contribution is 5.80. The van der Waals surface area contributed by atoms with E-state index in [-0.39, 0.29) is 5.92 Å². The number of hydrogen-bond acceptors (Lipinski definition) is 2. The lowest BCUT2D eigenvalue weighted by Crippen LogP contribution is -2.45. The van der Waals surface area contributed by atoms with Crippen LogP contribution in [0.4, 0.5) is 0 Å². The average molecular weight is 315 g/mol. The van der Waals surface area contributed by atoms with E-state index >= 15 is 0 Å². The number of amides is 1. The van der Waals surface area contributed by atoms with Gasteiger partial charge in [-0.3, -0.25) is 4.79 Å². The van der Waals surface area contributed by atoms with Gasteiger partial charge in [0.25, 0.3) is 0 Å². The molecule has 0 bridgehead atoms. The molecule has 126 valence electrons. The van der Waals surface area contributed by atoms with Crippen LogP contribution < -0.4 is 0 Å². The van der Waals surface area contributed by atoms with E-state index < -0.39 is 0 Å². The lowest BCUT2D eigenvalue weighted by Gasteiger charge is -2.38. The molecule has 1 amide bonds. The molecule has 0 aromatic heterocycles. The van der Waals surface area contributed by atoms with Gasteiger partial charge in [-0.2, -0.15) is 0 Å². The Morgan fingerprint density at radius 1 is 1.13 bits per heavy atom. The topological polar surface area (TPSA) is 29.5 Å². The van der Waals surface area contributed by atoms with Crippen LogP contribution in [0.15, 0.2) is 30.3 Å². The van der Waals surface area contributed by atoms with Crippen molar-refractivity contribution in [3.8, 4) is 0 Å². The van der Waals surface area contributed by atoms with E-state index in [9.17, 15) is 4.79 Å². The molecule has 0 N–H and O–H groups in total. The first kappa shape index (κ1) is 16.5. The first-order valence-corrected chi connectivity index (χ1v) is 9.12. The second kappa shape index (κ2) is 7.96. The van der Waals surface area contributed by atoms with Gasteiger partial charge < -0.3 is 9.64 Å². The molecular formula is C20H29NO2. The maximum Gasteiger partial charge on any atom is 0.226 e. The number of benzene rings is 1. The third-order valence-electron chi connectivity index (χ3n) is 5.54. The van der Waals surface area contributed by atoms with Gasteiger partial charge in [0.2, 0.25) is 5.91 Å². The minimum Gasteiger partial charge on any atom is -0.384 e. The number of rotatable bonds is 4. The summed E-state index contributed by atoms with van der Waals surface area (Å²) < 4.78 is 5.31. The molecule has 1 aliphatic carbocycles. The van der Waals surface area contributed by atoms with E-state index in [2.05, 4.69) is 35.2 Å². The second-order valence-electron chi connectivity index (χ2n) is 7.16. The molecule has 3 heteroatoms. The van der Waals surface area contributed by atoms with Crippen molar-refractivity contribution in [1.29, 1.82) is 0 Å². The second-order valence-corrected chi connectivity index (χ2v) is 7.16. The molecular weight excluding hydrogens is 286 g/mol. The number of carbonyl (C=O) groups is 1. The standard InChI is InChI=1S/C20H29NO2/c1-23-15-16-8-7-13-21(14-16)20(22)19-12-6-5-11-18(19)17-9-3-2-4-10-17/h2-4,9-10,16,18-19H,5-8,11-15H2,1H3/t16?,18-,19-/m1/s1. The Bertz CT molecular complexity index is 500. The normalized spacial score (nSPS) is 28.6. The summed E-state index contributed by atoms with van der Waals surface area (Å²) in [4.78, 5) is 15.3. The van der Waals surface area contributed by atoms with Gasteiger partial charge in [0.15, 0.2) is 0 Å². The Labute approximate surface area is 140 Å². The molecule has 2 aliphatic rings. The molecule has 3 atom stereocenters. The highest BCUT2D eigenvalue weighted by Crippen LogP contribution is 2.39. The number of methoxy groups -OCH3 is 1. The zero-order chi connectivity index (χ0) is 16.1. The number of nitrogens with zero attached hydrogens (tertiary/aromatic N) is 1. The van der Waals surface area contributed by atoms with Crippen LogP contribution in [0.1, 0.15) is 50.0 Å². The van der Waals surface area contributed by atoms with Crippen molar-refractivity contribution >= 4 is 5.91 Å². The number of likely N-dealkylation sites (tertiary alicyclic amines) is 1. The van der Waals surface area contributed by atoms with Crippen LogP contribution in [-0.2, 0) is 9.53 Å². The lowest BCUT2D eigenvalue weighted by atomic mass is 9.74. The van der Waals surface area contributed by atoms with Gasteiger partial charge in [0, 0.05) is 26.1 Å². The SMILES string of the molecule is COCC1CCCN(C(=O)[C@@H]2CCCC[C@@H]2c2ccccc2)C1. The first-order chi connectivity index (χ1) is 11.3. The van der Waals surface area contributed by atoms with Gasteiger partial charge in [-0.25, -0.2) is 0 Å². The third-order valence-corrected chi connectivity index (χ3v) is 5.54. The van der Waals surface area contributed by atoms with Crippen LogP contribution >= 0.6 is 0 Å². The van der Waals surface area contributed by atoms with E-state index in [0.29, 0.717) is 17.7 Å². The summed E-state index contributed by atoms with van der Waals surface area (Å²) in [5.41, 5.74) is 1.34. The predicted molar refractivity (Wildman–Crippen MR) is 92.3 cm³/mol. The Kier molecular flexibility index (Phi) is 5.71. The van der Waals surface area contributed by atoms with E-state index in [1.807, 2.05) is 0 Å². The van der Waals surface area contributed by atoms with E-state index in [1.165, 1.54) is 24.8 Å². The molecule has 3 rings (SSSR count). The molecule has 1 saturated heterocycles. The molecule has 1 aromatic rings. The van der Waals surface area contributed by atoms with Gasteiger partial charge in [0.1, 0.15) is 0 Å². The Balaban J connectivity index is 1.71. The van der Waals surface area contributed by atoms with Crippen molar-refractivity contribution in [3.63, 3.8) is 0 Å². The van der Waals surface area contributed by atoms with Gasteiger partial charge in [0.05, 0.1) is 6.61 Å². The Hall–Kier alpha value is -1.35. The van der Waals surface area contributed by atoms with E-state index in [1.54, 1.807) is 7.11 Å². The molecule has 1 unspecified atom stereocenters. The smallest absolute Gasteiger partial charge is 0.226 e. The quantitative estimate of drug-likeness (QED) is 0.845. The number of hydrogen-bond donors (Lipinski definition) is 0. The molecule has 2 fully saturated rings. The largest absolute Gasteiger partial charge is 0.384 e. The van der Waals surface area contributed by atoms with Gasteiger partial charge >= 0.3 is 0 Å². The molecule has 0 radical (unpaired) electrons. The summed E-state index contributed by atoms with van der Waals surface area (Å²) in [6, 6.07) is 10.6. The minimum absolute atomic E-state index is 0.174. The molecule has 1 heterocycles. The van der Waals surface area contributed by atoms with Gasteiger partial charge in [-0.05, 0) is 43.1 Å². The summed E-state index contributed by atoms with van der Waals surface area (Å²) in [5, 5.41) is 0. The third kappa shape index (κ3) is 3.95. The highest BCUT2D eigenvalue weighted by atomic mass is 16.5. The lowest BCUT2D eigenvalue weighted by molar-refractivity contribution is -0.139. The highest BCUT2D eigenvalue weighted by Gasteiger charge is 2.36. The summed E-state index contributed by atoms with van der Waals surface area (Å²) in [5.74, 6) is 1.48. The first-order valence-electron chi connectivity index (χ1n) is 9.12. The Morgan fingerprint density at radius 2 is 1.91 bits per heavy atom. The van der Waals surface area contributed by atoms with Crippen LogP contribution in [0.25, 0.3) is 0 Å². The van der Waals surface area contributed by atoms with E-state index in [4.69, 9.17) is 4.74 Å². The zero-order valence-electron chi connectivity index (χ0n) is 14.2. The summed E-state index contributed by atoms with van der Waals surface area (Å²) >= 11 is 0. The number of carbonyl (C=O) groups excluding carboxylic acids is 1. The maximum absolute atomic E-state index is 13.2. The van der Waals surface area contributed by atoms with Crippen LogP contribution in [-0.4, -0.2) is 37.6 Å². The van der Waals surface area contributed by atoms with Crippen LogP contribution in [0.2, 0.25) is 0 Å². The Morgan fingerprint density at radius 3 is 2.70 bits per heavy atom. The molecule has 1 aliphatic heterocycles. The zero-order valence-corrected chi connectivity index (χ0v) is 14.2. The fourth-order valence-electron chi connectivity index (χ4n) is 4.40. The van der Waals surface area contributed by atoms with E-state index in [0.717, 1.165) is 39.0 Å². The van der Waals surface area contributed by atoms with Crippen molar-refractivity contribution in [2.45, 2.75) is 44.4 Å². The number of ether oxygens (including phenoxy) is 1. The minimum atomic E-state index is 0.174. The van der Waals surface area contributed by atoms with Crippen molar-refractivity contribution in [1.82, 2.24) is 4.90 Å². The average Bonchev–Trinajstić information content (AvgIpc) is 2.62. The van der Waals surface area contributed by atoms with Crippen molar-refractivity contribution < 1.29 is 9.53 Å². The van der Waals surface area contributed by atoms with Crippen LogP contribution in [0, 0.1) is 11.8 Å². The summed E-state index contributed by atoms with van der Waals surface area (Å²) in [6.07, 6.45) is 6.93. The van der Waals surface area contributed by atoms with Crippen molar-refractivity contribution in [3.05, 3.63) is 35.9 Å². The van der Waals surface area contributed by atoms with Crippen LogP contribution in [0.5, 0.6) is 0 Å². The molecule has 23 heavy (non-hydrogen) atoms. The monoisotopic (exact) mass is 315 g/mol. The molecule has 3 nitrogen and oxygen atoms in total. The van der Waals surface area contributed by atoms with Gasteiger partial charge in [-0.15, -0.1) is 0 Å². The predicted octanol–water partition coefficient (Wildman–Crippen LogP) is 3.85.